The van der Waals surface area contributed by atoms with Crippen molar-refractivity contribution in [1.82, 2.24) is 5.32 Å². The molecule has 0 saturated heterocycles. The smallest absolute Gasteiger partial charge is 0.0991 e. The van der Waals surface area contributed by atoms with Crippen molar-refractivity contribution in [1.29, 1.82) is 5.26 Å². The van der Waals surface area contributed by atoms with Gasteiger partial charge in [0, 0.05) is 5.41 Å². The standard InChI is InChI=1S/C48H39N3/c1-48(2)43-21-11-20-40(46(43)42-29-36-15-6-7-16-37(36)30-44(42)48)38-17-10-12-32(28-38)24-27-45(51-47(50)35-13-4-3-5-14-35)41-19-9-8-18-39(41)34-25-22-33(31-49)23-26-34/h3-30,45,47,51H,50H2,1-2H3/b27-24+. The molecule has 7 aromatic rings. The van der Waals surface area contributed by atoms with E-state index >= 15 is 0 Å². The van der Waals surface area contributed by atoms with Gasteiger partial charge in [0.25, 0.3) is 0 Å². The van der Waals surface area contributed by atoms with Crippen LogP contribution in [-0.2, 0) is 5.41 Å². The second kappa shape index (κ2) is 13.3. The summed E-state index contributed by atoms with van der Waals surface area (Å²) < 4.78 is 0. The Hall–Kier alpha value is -6.05. The molecule has 3 nitrogen and oxygen atoms in total. The Morgan fingerprint density at radius 3 is 2.10 bits per heavy atom. The Labute approximate surface area is 300 Å². The van der Waals surface area contributed by atoms with Gasteiger partial charge in [0.05, 0.1) is 23.8 Å². The van der Waals surface area contributed by atoms with E-state index in [0.29, 0.717) is 5.56 Å². The van der Waals surface area contributed by atoms with Crippen LogP contribution in [0.25, 0.3) is 50.2 Å². The average molecular weight is 658 g/mol. The van der Waals surface area contributed by atoms with Crippen LogP contribution in [0.5, 0.6) is 0 Å². The Balaban J connectivity index is 1.19. The second-order valence-electron chi connectivity index (χ2n) is 13.9. The molecule has 51 heavy (non-hydrogen) atoms. The number of nitrogens with one attached hydrogen (secondary N) is 1. The first-order chi connectivity index (χ1) is 24.9. The molecule has 0 spiro atoms. The third-order valence-electron chi connectivity index (χ3n) is 10.4. The minimum absolute atomic E-state index is 0.0963. The molecule has 246 valence electrons. The van der Waals surface area contributed by atoms with Gasteiger partial charge >= 0.3 is 0 Å². The zero-order valence-corrected chi connectivity index (χ0v) is 28.8. The van der Waals surface area contributed by atoms with Gasteiger partial charge in [0.1, 0.15) is 0 Å². The summed E-state index contributed by atoms with van der Waals surface area (Å²) in [5.41, 5.74) is 20.5. The van der Waals surface area contributed by atoms with Gasteiger partial charge in [-0.2, -0.15) is 5.26 Å². The summed E-state index contributed by atoms with van der Waals surface area (Å²) in [6.07, 6.45) is 4.03. The van der Waals surface area contributed by atoms with Crippen molar-refractivity contribution in [2.45, 2.75) is 31.5 Å². The van der Waals surface area contributed by atoms with Crippen molar-refractivity contribution in [3.8, 4) is 39.4 Å². The van der Waals surface area contributed by atoms with Gasteiger partial charge in [0.2, 0.25) is 0 Å². The summed E-state index contributed by atoms with van der Waals surface area (Å²) in [6, 6.07) is 57.4. The van der Waals surface area contributed by atoms with Crippen LogP contribution in [0.3, 0.4) is 0 Å². The molecule has 2 unspecified atom stereocenters. The fourth-order valence-corrected chi connectivity index (χ4v) is 7.68. The number of nitriles is 1. The topological polar surface area (TPSA) is 61.8 Å². The number of hydrogen-bond acceptors (Lipinski definition) is 3. The molecule has 7 aromatic carbocycles. The van der Waals surface area contributed by atoms with Gasteiger partial charge in [-0.1, -0.05) is 153 Å². The van der Waals surface area contributed by atoms with Crippen LogP contribution in [0.4, 0.5) is 0 Å². The SMILES string of the molecule is CC1(C)c2cc3ccccc3cc2-c2c(-c3cccc(/C=C/C(NC(N)c4ccccc4)c4ccccc4-c4ccc(C#N)cc4)c3)cccc21. The second-order valence-corrected chi connectivity index (χ2v) is 13.9. The predicted molar refractivity (Wildman–Crippen MR) is 212 cm³/mol. The molecule has 0 aliphatic heterocycles. The lowest BCUT2D eigenvalue weighted by Gasteiger charge is -2.24. The van der Waals surface area contributed by atoms with E-state index in [2.05, 4.69) is 153 Å². The van der Waals surface area contributed by atoms with E-state index in [9.17, 15) is 5.26 Å². The van der Waals surface area contributed by atoms with Gasteiger partial charge in [-0.3, -0.25) is 5.32 Å². The van der Waals surface area contributed by atoms with Crippen LogP contribution in [0.1, 0.15) is 59.4 Å². The molecule has 0 aromatic heterocycles. The van der Waals surface area contributed by atoms with Crippen LogP contribution in [0.15, 0.2) is 164 Å². The normalized spacial score (nSPS) is 14.2. The number of rotatable bonds is 8. The largest absolute Gasteiger partial charge is 0.312 e. The zero-order valence-electron chi connectivity index (χ0n) is 28.8. The predicted octanol–water partition coefficient (Wildman–Crippen LogP) is 11.4. The molecule has 0 heterocycles. The Morgan fingerprint density at radius 1 is 0.627 bits per heavy atom. The maximum absolute atomic E-state index is 9.39. The average Bonchev–Trinajstić information content (AvgIpc) is 3.41. The van der Waals surface area contributed by atoms with Crippen molar-refractivity contribution in [3.05, 3.63) is 197 Å². The summed E-state index contributed by atoms with van der Waals surface area (Å²) >= 11 is 0. The van der Waals surface area contributed by atoms with E-state index in [0.717, 1.165) is 27.8 Å². The lowest BCUT2D eigenvalue weighted by atomic mass is 9.81. The van der Waals surface area contributed by atoms with E-state index in [-0.39, 0.29) is 17.6 Å². The van der Waals surface area contributed by atoms with Crippen molar-refractivity contribution in [2.24, 2.45) is 5.73 Å². The summed E-state index contributed by atoms with van der Waals surface area (Å²) in [5, 5.41) is 15.6. The summed E-state index contributed by atoms with van der Waals surface area (Å²) in [7, 11) is 0. The van der Waals surface area contributed by atoms with Crippen LogP contribution in [-0.4, -0.2) is 0 Å². The number of fused-ring (bicyclic) bond motifs is 4. The van der Waals surface area contributed by atoms with E-state index in [4.69, 9.17) is 5.73 Å². The van der Waals surface area contributed by atoms with E-state index in [1.807, 2.05) is 42.5 Å². The molecule has 0 fully saturated rings. The van der Waals surface area contributed by atoms with Crippen LogP contribution < -0.4 is 11.1 Å². The molecule has 0 amide bonds. The highest BCUT2D eigenvalue weighted by molar-refractivity contribution is 5.98. The van der Waals surface area contributed by atoms with E-state index in [1.165, 1.54) is 44.2 Å². The molecule has 0 radical (unpaired) electrons. The number of benzene rings is 7. The lowest BCUT2D eigenvalue weighted by molar-refractivity contribution is 0.510. The lowest BCUT2D eigenvalue weighted by Crippen LogP contribution is -2.31. The molecule has 2 atom stereocenters. The van der Waals surface area contributed by atoms with Crippen LogP contribution in [0.2, 0.25) is 0 Å². The Bertz CT molecular complexity index is 2450. The highest BCUT2D eigenvalue weighted by atomic mass is 15.0. The fourth-order valence-electron chi connectivity index (χ4n) is 7.68. The molecule has 0 saturated carbocycles. The molecule has 8 rings (SSSR count). The molecule has 3 heteroatoms. The molecular formula is C48H39N3. The van der Waals surface area contributed by atoms with Gasteiger partial charge in [-0.25, -0.2) is 0 Å². The minimum atomic E-state index is -0.382. The van der Waals surface area contributed by atoms with Crippen LogP contribution in [0, 0.1) is 11.3 Å². The monoisotopic (exact) mass is 657 g/mol. The molecule has 3 N–H and O–H groups in total. The number of nitrogens with zero attached hydrogens (tertiary/aromatic N) is 1. The van der Waals surface area contributed by atoms with Gasteiger partial charge in [-0.05, 0) is 102 Å². The number of nitrogens with two attached hydrogens (primary N) is 1. The maximum Gasteiger partial charge on any atom is 0.0991 e. The van der Waals surface area contributed by atoms with Crippen LogP contribution >= 0.6 is 0 Å². The first-order valence-corrected chi connectivity index (χ1v) is 17.5. The van der Waals surface area contributed by atoms with Crippen molar-refractivity contribution < 1.29 is 0 Å². The fraction of sp³-hybridized carbons (Fsp3) is 0.104. The van der Waals surface area contributed by atoms with Gasteiger partial charge in [-0.15, -0.1) is 0 Å². The maximum atomic E-state index is 9.39. The first-order valence-electron chi connectivity index (χ1n) is 17.5. The molecule has 1 aliphatic carbocycles. The van der Waals surface area contributed by atoms with E-state index in [1.54, 1.807) is 0 Å². The molecule has 1 aliphatic rings. The highest BCUT2D eigenvalue weighted by Crippen LogP contribution is 2.53. The summed E-state index contributed by atoms with van der Waals surface area (Å²) in [4.78, 5) is 0. The minimum Gasteiger partial charge on any atom is -0.312 e. The quantitative estimate of drug-likeness (QED) is 0.160. The van der Waals surface area contributed by atoms with Crippen molar-refractivity contribution >= 4 is 16.8 Å². The summed E-state index contributed by atoms with van der Waals surface area (Å²) in [5.74, 6) is 0. The zero-order chi connectivity index (χ0) is 35.0. The number of hydrogen-bond donors (Lipinski definition) is 2. The third kappa shape index (κ3) is 6.06. The van der Waals surface area contributed by atoms with E-state index < -0.39 is 0 Å². The Morgan fingerprint density at radius 2 is 1.31 bits per heavy atom. The Kier molecular flexibility index (Phi) is 8.42. The summed E-state index contributed by atoms with van der Waals surface area (Å²) in [6.45, 7) is 4.69. The van der Waals surface area contributed by atoms with Crippen molar-refractivity contribution in [3.63, 3.8) is 0 Å². The van der Waals surface area contributed by atoms with Gasteiger partial charge in [0.15, 0.2) is 0 Å². The first kappa shape index (κ1) is 32.2. The molecule has 0 bridgehead atoms. The highest BCUT2D eigenvalue weighted by Gasteiger charge is 2.37. The van der Waals surface area contributed by atoms with Crippen molar-refractivity contribution in [2.75, 3.05) is 0 Å². The third-order valence-corrected chi connectivity index (χ3v) is 10.4. The van der Waals surface area contributed by atoms with Gasteiger partial charge < -0.3 is 5.73 Å². The molecular weight excluding hydrogens is 619 g/mol.